The number of alkyl halides is 2. The molecule has 1 aromatic carbocycles. The average Bonchev–Trinajstić information content (AvgIpc) is 2.77. The third kappa shape index (κ3) is 4.53. The van der Waals surface area contributed by atoms with Gasteiger partial charge in [0.15, 0.2) is 11.5 Å². The highest BCUT2D eigenvalue weighted by molar-refractivity contribution is 5.99. The minimum absolute atomic E-state index is 0.166. The van der Waals surface area contributed by atoms with Crippen molar-refractivity contribution in [2.45, 2.75) is 13.0 Å². The summed E-state index contributed by atoms with van der Waals surface area (Å²) in [4.78, 5) is 26.8. The molecule has 0 aliphatic carbocycles. The zero-order valence-electron chi connectivity index (χ0n) is 13.9. The molecule has 0 aromatic heterocycles. The topological polar surface area (TPSA) is 85.2 Å². The van der Waals surface area contributed by atoms with Gasteiger partial charge in [0.2, 0.25) is 0 Å². The van der Waals surface area contributed by atoms with Crippen LogP contribution in [-0.2, 0) is 0 Å². The Morgan fingerprint density at radius 3 is 2.56 bits per heavy atom. The van der Waals surface area contributed by atoms with Crippen molar-refractivity contribution in [3.05, 3.63) is 27.8 Å². The number of carbonyl (C=O) groups is 1. The third-order valence-corrected chi connectivity index (χ3v) is 3.93. The van der Waals surface area contributed by atoms with E-state index < -0.39 is 28.9 Å². The highest BCUT2D eigenvalue weighted by atomic mass is 19.3. The Morgan fingerprint density at radius 1 is 1.24 bits per heavy atom. The lowest BCUT2D eigenvalue weighted by Crippen LogP contribution is -2.34. The Morgan fingerprint density at radius 2 is 1.96 bits per heavy atom. The second kappa shape index (κ2) is 8.06. The number of hydrogen-bond acceptors (Lipinski definition) is 6. The molecule has 10 heteroatoms. The van der Waals surface area contributed by atoms with Crippen molar-refractivity contribution >= 4 is 11.6 Å². The fraction of sp³-hybridized carbons (Fsp3) is 0.533. The molecular formula is C15H19F2N3O5. The van der Waals surface area contributed by atoms with E-state index in [4.69, 9.17) is 4.74 Å². The standard InChI is InChI=1S/C15H19F2N3O5/c1-18-4-3-5-19(7-6-18)14(21)10-8-12(24-2)13(25-15(16)17)9-11(10)20(22)23/h8-9,15H,3-7H2,1-2H3. The highest BCUT2D eigenvalue weighted by Crippen LogP contribution is 2.36. The number of ether oxygens (including phenoxy) is 2. The van der Waals surface area contributed by atoms with Crippen LogP contribution in [0.15, 0.2) is 12.1 Å². The molecule has 8 nitrogen and oxygen atoms in total. The molecule has 1 aliphatic heterocycles. The minimum Gasteiger partial charge on any atom is -0.493 e. The number of nitro benzene ring substituents is 1. The Bertz CT molecular complexity index is 656. The summed E-state index contributed by atoms with van der Waals surface area (Å²) < 4.78 is 34.1. The molecule has 1 heterocycles. The van der Waals surface area contributed by atoms with Gasteiger partial charge < -0.3 is 19.3 Å². The van der Waals surface area contributed by atoms with Crippen molar-refractivity contribution in [2.75, 3.05) is 40.3 Å². The van der Waals surface area contributed by atoms with Crippen LogP contribution in [0.25, 0.3) is 0 Å². The molecule has 1 aromatic rings. The quantitative estimate of drug-likeness (QED) is 0.590. The van der Waals surface area contributed by atoms with Crippen molar-refractivity contribution in [2.24, 2.45) is 0 Å². The summed E-state index contributed by atoms with van der Waals surface area (Å²) in [5.41, 5.74) is -0.813. The molecule has 1 amide bonds. The van der Waals surface area contributed by atoms with Crippen molar-refractivity contribution in [1.82, 2.24) is 9.80 Å². The minimum atomic E-state index is -3.17. The van der Waals surface area contributed by atoms with Crippen molar-refractivity contribution < 1.29 is 28.0 Å². The van der Waals surface area contributed by atoms with Crippen LogP contribution in [0.5, 0.6) is 11.5 Å². The SMILES string of the molecule is COc1cc(C(=O)N2CCCN(C)CC2)c([N+](=O)[O-])cc1OC(F)F. The predicted molar refractivity (Wildman–Crippen MR) is 84.3 cm³/mol. The van der Waals surface area contributed by atoms with E-state index in [2.05, 4.69) is 9.64 Å². The first kappa shape index (κ1) is 18.8. The first-order valence-corrected chi connectivity index (χ1v) is 7.62. The average molecular weight is 359 g/mol. The summed E-state index contributed by atoms with van der Waals surface area (Å²) in [6, 6.07) is 1.87. The molecule has 138 valence electrons. The lowest BCUT2D eigenvalue weighted by Gasteiger charge is -2.21. The molecule has 0 radical (unpaired) electrons. The maximum atomic E-state index is 12.7. The van der Waals surface area contributed by atoms with E-state index in [-0.39, 0.29) is 11.3 Å². The molecule has 0 bridgehead atoms. The fourth-order valence-corrected chi connectivity index (χ4v) is 2.64. The van der Waals surface area contributed by atoms with Gasteiger partial charge in [-0.1, -0.05) is 0 Å². The smallest absolute Gasteiger partial charge is 0.387 e. The van der Waals surface area contributed by atoms with Gasteiger partial charge in [0, 0.05) is 25.7 Å². The summed E-state index contributed by atoms with van der Waals surface area (Å²) in [7, 11) is 3.13. The predicted octanol–water partition coefficient (Wildman–Crippen LogP) is 1.98. The third-order valence-electron chi connectivity index (χ3n) is 3.93. The maximum absolute atomic E-state index is 12.7. The van der Waals surface area contributed by atoms with Gasteiger partial charge in [0.1, 0.15) is 5.56 Å². The molecule has 0 spiro atoms. The monoisotopic (exact) mass is 359 g/mol. The number of nitrogens with zero attached hydrogens (tertiary/aromatic N) is 3. The second-order valence-electron chi connectivity index (χ2n) is 5.60. The Balaban J connectivity index is 2.40. The van der Waals surface area contributed by atoms with E-state index in [0.717, 1.165) is 25.1 Å². The number of nitro groups is 1. The van der Waals surface area contributed by atoms with E-state index in [1.807, 2.05) is 7.05 Å². The van der Waals surface area contributed by atoms with Gasteiger partial charge in [0.25, 0.3) is 11.6 Å². The summed E-state index contributed by atoms with van der Waals surface area (Å²) in [6.07, 6.45) is 0.736. The second-order valence-corrected chi connectivity index (χ2v) is 5.60. The molecule has 0 unspecified atom stereocenters. The van der Waals surface area contributed by atoms with Crippen LogP contribution in [0.2, 0.25) is 0 Å². The molecule has 1 fully saturated rings. The van der Waals surface area contributed by atoms with Gasteiger partial charge >= 0.3 is 6.61 Å². The van der Waals surface area contributed by atoms with Gasteiger partial charge in [-0.05, 0) is 20.0 Å². The van der Waals surface area contributed by atoms with Crippen molar-refractivity contribution in [1.29, 1.82) is 0 Å². The number of rotatable bonds is 5. The molecule has 1 aliphatic rings. The van der Waals surface area contributed by atoms with E-state index in [9.17, 15) is 23.7 Å². The largest absolute Gasteiger partial charge is 0.493 e. The molecule has 0 saturated carbocycles. The number of benzene rings is 1. The number of halogens is 2. The lowest BCUT2D eigenvalue weighted by molar-refractivity contribution is -0.385. The van der Waals surface area contributed by atoms with Crippen LogP contribution in [0.1, 0.15) is 16.8 Å². The summed E-state index contributed by atoms with van der Waals surface area (Å²) in [5, 5.41) is 11.3. The summed E-state index contributed by atoms with van der Waals surface area (Å²) >= 11 is 0. The van der Waals surface area contributed by atoms with Crippen LogP contribution in [-0.4, -0.2) is 67.6 Å². The van der Waals surface area contributed by atoms with Crippen molar-refractivity contribution in [3.8, 4) is 11.5 Å². The number of likely N-dealkylation sites (N-methyl/N-ethyl adjacent to an activating group) is 1. The van der Waals surface area contributed by atoms with Gasteiger partial charge in [-0.3, -0.25) is 14.9 Å². The zero-order chi connectivity index (χ0) is 18.6. The summed E-state index contributed by atoms with van der Waals surface area (Å²) in [6.45, 7) is -0.835. The van der Waals surface area contributed by atoms with Crippen LogP contribution in [0.3, 0.4) is 0 Å². The Kier molecular flexibility index (Phi) is 6.07. The van der Waals surface area contributed by atoms with Crippen molar-refractivity contribution in [3.63, 3.8) is 0 Å². The van der Waals surface area contributed by atoms with E-state index in [0.29, 0.717) is 19.6 Å². The lowest BCUT2D eigenvalue weighted by atomic mass is 10.1. The first-order valence-electron chi connectivity index (χ1n) is 7.62. The molecule has 0 atom stereocenters. The van der Waals surface area contributed by atoms with Gasteiger partial charge in [0.05, 0.1) is 18.1 Å². The van der Waals surface area contributed by atoms with E-state index >= 15 is 0 Å². The molecule has 2 rings (SSSR count). The fourth-order valence-electron chi connectivity index (χ4n) is 2.64. The van der Waals surface area contributed by atoms with Crippen LogP contribution >= 0.6 is 0 Å². The number of hydrogen-bond donors (Lipinski definition) is 0. The van der Waals surface area contributed by atoms with Gasteiger partial charge in [-0.25, -0.2) is 0 Å². The number of carbonyl (C=O) groups excluding carboxylic acids is 1. The molecular weight excluding hydrogens is 340 g/mol. The Hall–Kier alpha value is -2.49. The zero-order valence-corrected chi connectivity index (χ0v) is 13.9. The molecule has 0 N–H and O–H groups in total. The van der Waals surface area contributed by atoms with E-state index in [1.165, 1.54) is 12.0 Å². The highest BCUT2D eigenvalue weighted by Gasteiger charge is 2.29. The van der Waals surface area contributed by atoms with Crippen LogP contribution < -0.4 is 9.47 Å². The molecule has 25 heavy (non-hydrogen) atoms. The summed E-state index contributed by atoms with van der Waals surface area (Å²) in [5.74, 6) is -1.19. The normalized spacial score (nSPS) is 15.8. The van der Waals surface area contributed by atoms with E-state index in [1.54, 1.807) is 0 Å². The molecule has 1 saturated heterocycles. The first-order chi connectivity index (χ1) is 11.8. The van der Waals surface area contributed by atoms with Gasteiger partial charge in [-0.2, -0.15) is 8.78 Å². The van der Waals surface area contributed by atoms with Crippen LogP contribution in [0, 0.1) is 10.1 Å². The van der Waals surface area contributed by atoms with Crippen LogP contribution in [0.4, 0.5) is 14.5 Å². The number of methoxy groups -OCH3 is 1. The Labute approximate surface area is 143 Å². The maximum Gasteiger partial charge on any atom is 0.387 e. The number of amides is 1. The van der Waals surface area contributed by atoms with Gasteiger partial charge in [-0.15, -0.1) is 0 Å².